The maximum Gasteiger partial charge on any atom is 0.241 e. The van der Waals surface area contributed by atoms with Crippen LogP contribution >= 0.6 is 0 Å². The second kappa shape index (κ2) is 7.74. The van der Waals surface area contributed by atoms with E-state index >= 15 is 0 Å². The molecule has 0 unspecified atom stereocenters. The van der Waals surface area contributed by atoms with Gasteiger partial charge in [0.2, 0.25) is 5.91 Å². The lowest BCUT2D eigenvalue weighted by Gasteiger charge is -2.20. The van der Waals surface area contributed by atoms with Crippen LogP contribution in [-0.2, 0) is 11.3 Å². The molecule has 106 valence electrons. The van der Waals surface area contributed by atoms with Crippen LogP contribution in [0.4, 0.5) is 5.82 Å². The zero-order chi connectivity index (χ0) is 14.3. The van der Waals surface area contributed by atoms with E-state index in [0.717, 1.165) is 30.9 Å². The molecule has 0 bridgehead atoms. The van der Waals surface area contributed by atoms with Crippen molar-refractivity contribution in [1.29, 1.82) is 0 Å². The lowest BCUT2D eigenvalue weighted by molar-refractivity contribution is -0.127. The Bertz CT molecular complexity index is 389. The van der Waals surface area contributed by atoms with Gasteiger partial charge in [-0.2, -0.15) is 0 Å². The average molecular weight is 264 g/mol. The molecule has 0 radical (unpaired) electrons. The molecule has 0 aromatic carbocycles. The van der Waals surface area contributed by atoms with Crippen LogP contribution in [0.15, 0.2) is 18.3 Å². The van der Waals surface area contributed by atoms with Crippen LogP contribution in [0.25, 0.3) is 0 Å². The molecule has 1 amide bonds. The number of amides is 1. The molecule has 1 aromatic heterocycles. The Kier molecular flexibility index (Phi) is 6.29. The van der Waals surface area contributed by atoms with E-state index < -0.39 is 0 Å². The molecule has 0 saturated carbocycles. The zero-order valence-corrected chi connectivity index (χ0v) is 12.3. The molecule has 0 atom stereocenters. The molecule has 5 nitrogen and oxygen atoms in total. The van der Waals surface area contributed by atoms with Crippen molar-refractivity contribution >= 4 is 11.7 Å². The van der Waals surface area contributed by atoms with Crippen molar-refractivity contribution < 1.29 is 4.79 Å². The standard InChI is InChI=1S/C14H24N4O/c1-5-8-15-9-12-6-7-13(16-10-12)18(4)11-14(19)17(2)3/h6-7,10,15H,5,8-9,11H2,1-4H3. The molecule has 0 saturated heterocycles. The van der Waals surface area contributed by atoms with Crippen molar-refractivity contribution in [3.05, 3.63) is 23.9 Å². The molecule has 0 spiro atoms. The third-order valence-electron chi connectivity index (χ3n) is 2.83. The Morgan fingerprint density at radius 2 is 2.05 bits per heavy atom. The molecular formula is C14H24N4O. The summed E-state index contributed by atoms with van der Waals surface area (Å²) in [5.74, 6) is 0.882. The maximum absolute atomic E-state index is 11.6. The second-order valence-corrected chi connectivity index (χ2v) is 4.85. The molecule has 0 fully saturated rings. The van der Waals surface area contributed by atoms with E-state index in [2.05, 4.69) is 17.2 Å². The van der Waals surface area contributed by atoms with Crippen molar-refractivity contribution in [2.24, 2.45) is 0 Å². The van der Waals surface area contributed by atoms with Crippen LogP contribution < -0.4 is 10.2 Å². The minimum Gasteiger partial charge on any atom is -0.350 e. The van der Waals surface area contributed by atoms with Crippen molar-refractivity contribution in [2.75, 3.05) is 39.1 Å². The number of hydrogen-bond donors (Lipinski definition) is 1. The first kappa shape index (κ1) is 15.4. The number of aromatic nitrogens is 1. The number of nitrogens with zero attached hydrogens (tertiary/aromatic N) is 3. The van der Waals surface area contributed by atoms with Crippen molar-refractivity contribution in [2.45, 2.75) is 19.9 Å². The Morgan fingerprint density at radius 1 is 1.32 bits per heavy atom. The van der Waals surface area contributed by atoms with Crippen molar-refractivity contribution in [1.82, 2.24) is 15.2 Å². The molecule has 19 heavy (non-hydrogen) atoms. The highest BCUT2D eigenvalue weighted by Crippen LogP contribution is 2.09. The van der Waals surface area contributed by atoms with E-state index in [1.54, 1.807) is 19.0 Å². The van der Waals surface area contributed by atoms with E-state index in [1.165, 1.54) is 0 Å². The van der Waals surface area contributed by atoms with Gasteiger partial charge in [0.25, 0.3) is 0 Å². The van der Waals surface area contributed by atoms with E-state index in [-0.39, 0.29) is 5.91 Å². The Morgan fingerprint density at radius 3 is 2.58 bits per heavy atom. The second-order valence-electron chi connectivity index (χ2n) is 4.85. The summed E-state index contributed by atoms with van der Waals surface area (Å²) in [6, 6.07) is 3.99. The van der Waals surface area contributed by atoms with E-state index in [9.17, 15) is 4.79 Å². The number of nitrogens with one attached hydrogen (secondary N) is 1. The molecule has 1 heterocycles. The largest absolute Gasteiger partial charge is 0.350 e. The highest BCUT2D eigenvalue weighted by atomic mass is 16.2. The smallest absolute Gasteiger partial charge is 0.241 e. The summed E-state index contributed by atoms with van der Waals surface area (Å²) in [6.07, 6.45) is 2.98. The van der Waals surface area contributed by atoms with Gasteiger partial charge < -0.3 is 15.1 Å². The first-order valence-electron chi connectivity index (χ1n) is 6.61. The highest BCUT2D eigenvalue weighted by molar-refractivity contribution is 5.80. The van der Waals surface area contributed by atoms with Crippen molar-refractivity contribution in [3.8, 4) is 0 Å². The summed E-state index contributed by atoms with van der Waals surface area (Å²) in [4.78, 5) is 19.4. The molecule has 1 N–H and O–H groups in total. The third kappa shape index (κ3) is 5.26. The SMILES string of the molecule is CCCNCc1ccc(N(C)CC(=O)N(C)C)nc1. The molecule has 0 aliphatic rings. The van der Waals surface area contributed by atoms with Gasteiger partial charge in [-0.05, 0) is 24.6 Å². The molecular weight excluding hydrogens is 240 g/mol. The fourth-order valence-corrected chi connectivity index (χ4v) is 1.58. The average Bonchev–Trinajstić information content (AvgIpc) is 2.39. The summed E-state index contributed by atoms with van der Waals surface area (Å²) in [5, 5.41) is 3.33. The molecule has 1 rings (SSSR count). The monoisotopic (exact) mass is 264 g/mol. The highest BCUT2D eigenvalue weighted by Gasteiger charge is 2.09. The minimum atomic E-state index is 0.0676. The predicted octanol–water partition coefficient (Wildman–Crippen LogP) is 1.11. The Hall–Kier alpha value is -1.62. The minimum absolute atomic E-state index is 0.0676. The van der Waals surface area contributed by atoms with Crippen LogP contribution in [-0.4, -0.2) is 50.0 Å². The van der Waals surface area contributed by atoms with Gasteiger partial charge in [0.1, 0.15) is 5.82 Å². The van der Waals surface area contributed by atoms with E-state index in [0.29, 0.717) is 6.54 Å². The van der Waals surface area contributed by atoms with Gasteiger partial charge in [-0.15, -0.1) is 0 Å². The number of anilines is 1. The predicted molar refractivity (Wildman–Crippen MR) is 78.2 cm³/mol. The lowest BCUT2D eigenvalue weighted by Crippen LogP contribution is -2.34. The number of carbonyl (C=O) groups excluding carboxylic acids is 1. The lowest BCUT2D eigenvalue weighted by atomic mass is 10.2. The summed E-state index contributed by atoms with van der Waals surface area (Å²) >= 11 is 0. The van der Waals surface area contributed by atoms with Crippen LogP contribution in [0.5, 0.6) is 0 Å². The summed E-state index contributed by atoms with van der Waals surface area (Å²) in [5.41, 5.74) is 1.16. The Balaban J connectivity index is 2.53. The molecule has 5 heteroatoms. The van der Waals surface area contributed by atoms with Gasteiger partial charge in [0.15, 0.2) is 0 Å². The zero-order valence-electron chi connectivity index (χ0n) is 12.3. The fraction of sp³-hybridized carbons (Fsp3) is 0.571. The van der Waals surface area contributed by atoms with Gasteiger partial charge in [0.05, 0.1) is 6.54 Å². The first-order valence-corrected chi connectivity index (χ1v) is 6.61. The number of carbonyl (C=O) groups is 1. The van der Waals surface area contributed by atoms with Crippen LogP contribution in [0.3, 0.4) is 0 Å². The topological polar surface area (TPSA) is 48.5 Å². The van der Waals surface area contributed by atoms with Gasteiger partial charge in [-0.1, -0.05) is 13.0 Å². The Labute approximate surface area is 115 Å². The maximum atomic E-state index is 11.6. The normalized spacial score (nSPS) is 10.3. The van der Waals surface area contributed by atoms with E-state index in [4.69, 9.17) is 0 Å². The van der Waals surface area contributed by atoms with Gasteiger partial charge >= 0.3 is 0 Å². The summed E-state index contributed by atoms with van der Waals surface area (Å²) < 4.78 is 0. The third-order valence-corrected chi connectivity index (χ3v) is 2.83. The number of hydrogen-bond acceptors (Lipinski definition) is 4. The van der Waals surface area contributed by atoms with Crippen molar-refractivity contribution in [3.63, 3.8) is 0 Å². The molecule has 0 aliphatic heterocycles. The summed E-state index contributed by atoms with van der Waals surface area (Å²) in [7, 11) is 5.39. The van der Waals surface area contributed by atoms with Gasteiger partial charge in [-0.3, -0.25) is 4.79 Å². The number of likely N-dealkylation sites (N-methyl/N-ethyl adjacent to an activating group) is 2. The van der Waals surface area contributed by atoms with Gasteiger partial charge in [-0.25, -0.2) is 4.98 Å². The first-order chi connectivity index (χ1) is 9.04. The van der Waals surface area contributed by atoms with Gasteiger partial charge in [0, 0.05) is 33.9 Å². The fourth-order valence-electron chi connectivity index (χ4n) is 1.58. The van der Waals surface area contributed by atoms with E-state index in [1.807, 2.05) is 30.3 Å². The molecule has 1 aromatic rings. The summed E-state index contributed by atoms with van der Waals surface area (Å²) in [6.45, 7) is 4.33. The quantitative estimate of drug-likeness (QED) is 0.749. The number of rotatable bonds is 7. The van der Waals surface area contributed by atoms with Crippen LogP contribution in [0, 0.1) is 0 Å². The molecule has 0 aliphatic carbocycles. The number of pyridine rings is 1. The van der Waals surface area contributed by atoms with Crippen LogP contribution in [0.2, 0.25) is 0 Å². The van der Waals surface area contributed by atoms with Crippen LogP contribution in [0.1, 0.15) is 18.9 Å².